The summed E-state index contributed by atoms with van der Waals surface area (Å²) >= 11 is 4.45. The van der Waals surface area contributed by atoms with Gasteiger partial charge in [-0.25, -0.2) is 0 Å². The Bertz CT molecular complexity index is 1010. The number of fused-ring (bicyclic) bond motifs is 1. The van der Waals surface area contributed by atoms with Crippen LogP contribution in [0.5, 0.6) is 0 Å². The molecule has 0 unspecified atom stereocenters. The van der Waals surface area contributed by atoms with Crippen LogP contribution in [-0.2, 0) is 16.1 Å². The molecular formula is C21H24BrN3O3S. The highest BCUT2D eigenvalue weighted by Crippen LogP contribution is 2.35. The Labute approximate surface area is 183 Å². The minimum atomic E-state index is -0.273. The Balaban J connectivity index is 2.03. The van der Waals surface area contributed by atoms with Crippen LogP contribution >= 0.6 is 27.7 Å². The Morgan fingerprint density at radius 2 is 1.93 bits per heavy atom. The first kappa shape index (κ1) is 21.6. The highest BCUT2D eigenvalue weighted by molar-refractivity contribution is 9.10. The Kier molecular flexibility index (Phi) is 6.53. The number of rotatable bonds is 6. The molecule has 1 saturated heterocycles. The van der Waals surface area contributed by atoms with E-state index in [0.29, 0.717) is 18.0 Å². The molecule has 6 nitrogen and oxygen atoms in total. The predicted molar refractivity (Wildman–Crippen MR) is 121 cm³/mol. The molecule has 8 heteroatoms. The van der Waals surface area contributed by atoms with Gasteiger partial charge in [0.15, 0.2) is 0 Å². The number of aromatic nitrogens is 1. The molecule has 1 fully saturated rings. The first-order valence-electron chi connectivity index (χ1n) is 9.60. The number of carbonyl (C=O) groups excluding carboxylic acids is 3. The van der Waals surface area contributed by atoms with Crippen LogP contribution in [0, 0.1) is 0 Å². The fraction of sp³-hybridized carbons (Fsp3) is 0.381. The van der Waals surface area contributed by atoms with E-state index < -0.39 is 0 Å². The maximum Gasteiger partial charge on any atom is 0.293 e. The van der Waals surface area contributed by atoms with Gasteiger partial charge in [-0.2, -0.15) is 0 Å². The second-order valence-electron chi connectivity index (χ2n) is 7.09. The summed E-state index contributed by atoms with van der Waals surface area (Å²) in [6.45, 7) is 9.11. The van der Waals surface area contributed by atoms with Crippen LogP contribution < -0.4 is 0 Å². The second kappa shape index (κ2) is 8.75. The lowest BCUT2D eigenvalue weighted by Crippen LogP contribution is -2.34. The molecule has 29 heavy (non-hydrogen) atoms. The standard InChI is InChI=1S/C21H24BrN3O3S/c1-5-23(6-2)19(26)12-24-11-14(16-10-15(22)7-8-17(16)24)9-18-20(27)25(13(3)4)21(28)29-18/h7-11,13H,5-6,12H2,1-4H3/b18-9-. The summed E-state index contributed by atoms with van der Waals surface area (Å²) in [5, 5.41) is 0.668. The van der Waals surface area contributed by atoms with Crippen LogP contribution in [0.3, 0.4) is 0 Å². The van der Waals surface area contributed by atoms with E-state index >= 15 is 0 Å². The van der Waals surface area contributed by atoms with Crippen molar-refractivity contribution < 1.29 is 14.4 Å². The molecule has 0 aliphatic carbocycles. The number of nitrogens with zero attached hydrogens (tertiary/aromatic N) is 3. The monoisotopic (exact) mass is 477 g/mol. The molecule has 154 valence electrons. The van der Waals surface area contributed by atoms with Crippen molar-refractivity contribution in [1.29, 1.82) is 0 Å². The number of hydrogen-bond acceptors (Lipinski definition) is 4. The number of benzene rings is 1. The zero-order valence-electron chi connectivity index (χ0n) is 16.9. The number of amides is 3. The normalized spacial score (nSPS) is 15.9. The molecule has 3 rings (SSSR count). The summed E-state index contributed by atoms with van der Waals surface area (Å²) in [6, 6.07) is 5.66. The van der Waals surface area contributed by atoms with E-state index in [9.17, 15) is 14.4 Å². The summed E-state index contributed by atoms with van der Waals surface area (Å²) in [4.78, 5) is 40.9. The maximum atomic E-state index is 12.7. The summed E-state index contributed by atoms with van der Waals surface area (Å²) < 4.78 is 2.81. The van der Waals surface area contributed by atoms with Gasteiger partial charge in [-0.1, -0.05) is 15.9 Å². The Morgan fingerprint density at radius 1 is 1.24 bits per heavy atom. The zero-order valence-corrected chi connectivity index (χ0v) is 19.3. The average molecular weight is 478 g/mol. The molecule has 0 bridgehead atoms. The first-order valence-corrected chi connectivity index (χ1v) is 11.2. The Morgan fingerprint density at radius 3 is 2.52 bits per heavy atom. The van der Waals surface area contributed by atoms with Crippen LogP contribution in [-0.4, -0.2) is 50.6 Å². The van der Waals surface area contributed by atoms with Crippen LogP contribution in [0.2, 0.25) is 0 Å². The van der Waals surface area contributed by atoms with E-state index in [2.05, 4.69) is 15.9 Å². The Hall–Kier alpha value is -2.06. The third-order valence-electron chi connectivity index (χ3n) is 4.92. The van der Waals surface area contributed by atoms with Crippen molar-refractivity contribution in [3.05, 3.63) is 39.3 Å². The fourth-order valence-corrected chi connectivity index (χ4v) is 4.74. The number of hydrogen-bond donors (Lipinski definition) is 0. The first-order chi connectivity index (χ1) is 13.8. The number of halogens is 1. The number of likely N-dealkylation sites (N-methyl/N-ethyl adjacent to an activating group) is 1. The minimum absolute atomic E-state index is 0.0431. The fourth-order valence-electron chi connectivity index (χ4n) is 3.43. The van der Waals surface area contributed by atoms with Crippen LogP contribution in [0.25, 0.3) is 17.0 Å². The van der Waals surface area contributed by atoms with E-state index in [1.807, 2.05) is 56.7 Å². The van der Waals surface area contributed by atoms with Crippen molar-refractivity contribution in [2.45, 2.75) is 40.3 Å². The van der Waals surface area contributed by atoms with Gasteiger partial charge in [0, 0.05) is 46.3 Å². The topological polar surface area (TPSA) is 62.6 Å². The minimum Gasteiger partial charge on any atom is -0.342 e. The van der Waals surface area contributed by atoms with Crippen molar-refractivity contribution in [2.75, 3.05) is 13.1 Å². The number of thioether (sulfide) groups is 1. The lowest BCUT2D eigenvalue weighted by atomic mass is 10.1. The van der Waals surface area contributed by atoms with Gasteiger partial charge in [-0.15, -0.1) is 0 Å². The van der Waals surface area contributed by atoms with E-state index in [1.165, 1.54) is 4.90 Å². The van der Waals surface area contributed by atoms with Gasteiger partial charge in [-0.3, -0.25) is 19.3 Å². The predicted octanol–water partition coefficient (Wildman–Crippen LogP) is 4.72. The lowest BCUT2D eigenvalue weighted by Gasteiger charge is -2.19. The van der Waals surface area contributed by atoms with E-state index in [1.54, 1.807) is 11.0 Å². The highest BCUT2D eigenvalue weighted by atomic mass is 79.9. The van der Waals surface area contributed by atoms with Gasteiger partial charge in [0.05, 0.1) is 4.91 Å². The van der Waals surface area contributed by atoms with E-state index in [0.717, 1.165) is 32.7 Å². The summed E-state index contributed by atoms with van der Waals surface area (Å²) in [5.41, 5.74) is 1.71. The molecule has 3 amide bonds. The summed E-state index contributed by atoms with van der Waals surface area (Å²) in [6.07, 6.45) is 3.63. The van der Waals surface area contributed by atoms with Crippen LogP contribution in [0.4, 0.5) is 4.79 Å². The summed E-state index contributed by atoms with van der Waals surface area (Å²) in [5.74, 6) is -0.230. The van der Waals surface area contributed by atoms with Crippen molar-refractivity contribution >= 4 is 61.7 Å². The van der Waals surface area contributed by atoms with Gasteiger partial charge in [-0.05, 0) is 63.7 Å². The van der Waals surface area contributed by atoms with Gasteiger partial charge in [0.1, 0.15) is 6.54 Å². The maximum absolute atomic E-state index is 12.7. The van der Waals surface area contributed by atoms with Crippen molar-refractivity contribution in [3.8, 4) is 0 Å². The largest absolute Gasteiger partial charge is 0.342 e. The number of carbonyl (C=O) groups is 3. The number of imide groups is 1. The van der Waals surface area contributed by atoms with Crippen molar-refractivity contribution in [1.82, 2.24) is 14.4 Å². The highest BCUT2D eigenvalue weighted by Gasteiger charge is 2.36. The lowest BCUT2D eigenvalue weighted by molar-refractivity contribution is -0.131. The third-order valence-corrected chi connectivity index (χ3v) is 6.30. The smallest absolute Gasteiger partial charge is 0.293 e. The average Bonchev–Trinajstić information content (AvgIpc) is 3.13. The molecule has 1 aromatic carbocycles. The molecule has 0 radical (unpaired) electrons. The molecular weight excluding hydrogens is 454 g/mol. The van der Waals surface area contributed by atoms with Gasteiger partial charge in [0.2, 0.25) is 5.91 Å². The van der Waals surface area contributed by atoms with Gasteiger partial charge in [0.25, 0.3) is 11.1 Å². The molecule has 0 saturated carbocycles. The summed E-state index contributed by atoms with van der Waals surface area (Å²) in [7, 11) is 0. The molecule has 2 aromatic rings. The SMILES string of the molecule is CCN(CC)C(=O)Cn1cc(/C=C2\SC(=O)N(C(C)C)C2=O)c2cc(Br)ccc21. The van der Waals surface area contributed by atoms with E-state index in [-0.39, 0.29) is 29.6 Å². The molecule has 2 heterocycles. The molecule has 0 atom stereocenters. The second-order valence-corrected chi connectivity index (χ2v) is 8.99. The van der Waals surface area contributed by atoms with Gasteiger partial charge >= 0.3 is 0 Å². The molecule has 0 spiro atoms. The molecule has 1 aromatic heterocycles. The third kappa shape index (κ3) is 4.28. The molecule has 0 N–H and O–H groups in total. The van der Waals surface area contributed by atoms with Crippen LogP contribution in [0.1, 0.15) is 33.3 Å². The molecule has 1 aliphatic rings. The van der Waals surface area contributed by atoms with Gasteiger partial charge < -0.3 is 9.47 Å². The zero-order chi connectivity index (χ0) is 21.3. The van der Waals surface area contributed by atoms with Crippen molar-refractivity contribution in [3.63, 3.8) is 0 Å². The molecule has 1 aliphatic heterocycles. The van der Waals surface area contributed by atoms with E-state index in [4.69, 9.17) is 0 Å². The van der Waals surface area contributed by atoms with Crippen LogP contribution in [0.15, 0.2) is 33.8 Å². The van der Waals surface area contributed by atoms with Crippen molar-refractivity contribution in [2.24, 2.45) is 0 Å². The quantitative estimate of drug-likeness (QED) is 0.564.